The summed E-state index contributed by atoms with van der Waals surface area (Å²) in [6.45, 7) is 0.242. The maximum Gasteiger partial charge on any atom is 0.321 e. The van der Waals surface area contributed by atoms with Crippen LogP contribution >= 0.6 is 0 Å². The second kappa shape index (κ2) is 7.63. The minimum Gasteiger partial charge on any atom is -0.480 e. The van der Waals surface area contributed by atoms with Gasteiger partial charge in [0.15, 0.2) is 0 Å². The van der Waals surface area contributed by atoms with Crippen molar-refractivity contribution in [3.05, 3.63) is 66.6 Å². The average Bonchev–Trinajstić information content (AvgIpc) is 3.12. The molecule has 6 heteroatoms. The number of rotatable bonds is 7. The van der Waals surface area contributed by atoms with Crippen molar-refractivity contribution < 1.29 is 19.1 Å². The molecule has 3 aromatic rings. The molecular formula is C19H18N2O4. The molecule has 0 aliphatic heterocycles. The Morgan fingerprint density at radius 1 is 1.04 bits per heavy atom. The van der Waals surface area contributed by atoms with Gasteiger partial charge >= 0.3 is 5.97 Å². The van der Waals surface area contributed by atoms with Crippen LogP contribution in [-0.2, 0) is 16.1 Å². The van der Waals surface area contributed by atoms with Crippen LogP contribution in [0.1, 0.15) is 12.2 Å². The second-order valence-corrected chi connectivity index (χ2v) is 5.63. The highest BCUT2D eigenvalue weighted by atomic mass is 16.4. The number of nitrogens with one attached hydrogen (secondary N) is 2. The molecule has 0 saturated carbocycles. The van der Waals surface area contributed by atoms with E-state index in [1.807, 2.05) is 36.4 Å². The second-order valence-electron chi connectivity index (χ2n) is 5.63. The lowest BCUT2D eigenvalue weighted by molar-refractivity contribution is -0.141. The zero-order valence-corrected chi connectivity index (χ0v) is 13.4. The molecule has 0 radical (unpaired) electrons. The summed E-state index contributed by atoms with van der Waals surface area (Å²) in [7, 11) is 0. The summed E-state index contributed by atoms with van der Waals surface area (Å²) in [4.78, 5) is 23.7. The highest BCUT2D eigenvalue weighted by molar-refractivity contribution is 6.03. The van der Waals surface area contributed by atoms with Gasteiger partial charge in [-0.3, -0.25) is 14.9 Å². The Balaban J connectivity index is 1.65. The van der Waals surface area contributed by atoms with Gasteiger partial charge in [-0.15, -0.1) is 0 Å². The van der Waals surface area contributed by atoms with Gasteiger partial charge in [-0.25, -0.2) is 0 Å². The molecule has 6 nitrogen and oxygen atoms in total. The zero-order valence-electron chi connectivity index (χ0n) is 13.4. The van der Waals surface area contributed by atoms with Gasteiger partial charge in [-0.2, -0.15) is 0 Å². The molecule has 2 aromatic carbocycles. The molecule has 1 heterocycles. The number of carboxylic acids is 1. The van der Waals surface area contributed by atoms with Gasteiger partial charge in [-0.1, -0.05) is 36.4 Å². The number of carbonyl (C=O) groups excluding carboxylic acids is 1. The molecule has 0 unspecified atom stereocenters. The topological polar surface area (TPSA) is 91.6 Å². The minimum absolute atomic E-state index is 0.181. The standard InChI is InChI=1S/C19H18N2O4/c22-18(11-17(19(23)24)20-12-14-7-4-10-25-14)21-16-9-3-6-13-5-1-2-8-15(13)16/h1-10,17,20H,11-12H2,(H,21,22)(H,23,24)/t17-/m1/s1. The van der Waals surface area contributed by atoms with Gasteiger partial charge in [0.05, 0.1) is 19.2 Å². The van der Waals surface area contributed by atoms with E-state index in [4.69, 9.17) is 4.42 Å². The first-order valence-electron chi connectivity index (χ1n) is 7.89. The molecule has 128 valence electrons. The third kappa shape index (κ3) is 4.24. The number of benzene rings is 2. The number of carbonyl (C=O) groups is 2. The quantitative estimate of drug-likeness (QED) is 0.616. The monoisotopic (exact) mass is 338 g/mol. The molecule has 0 fully saturated rings. The van der Waals surface area contributed by atoms with Crippen molar-refractivity contribution >= 4 is 28.3 Å². The van der Waals surface area contributed by atoms with Crippen molar-refractivity contribution in [2.45, 2.75) is 19.0 Å². The summed E-state index contributed by atoms with van der Waals surface area (Å²) < 4.78 is 5.16. The highest BCUT2D eigenvalue weighted by Gasteiger charge is 2.21. The van der Waals surface area contributed by atoms with E-state index in [9.17, 15) is 14.7 Å². The lowest BCUT2D eigenvalue weighted by Crippen LogP contribution is -2.39. The summed E-state index contributed by atoms with van der Waals surface area (Å²) in [5.41, 5.74) is 0.665. The predicted octanol–water partition coefficient (Wildman–Crippen LogP) is 3.00. The van der Waals surface area contributed by atoms with Crippen molar-refractivity contribution in [3.63, 3.8) is 0 Å². The van der Waals surface area contributed by atoms with E-state index >= 15 is 0 Å². The minimum atomic E-state index is -1.08. The van der Waals surface area contributed by atoms with E-state index < -0.39 is 12.0 Å². The first kappa shape index (κ1) is 16.7. The van der Waals surface area contributed by atoms with E-state index in [0.29, 0.717) is 11.4 Å². The molecular weight excluding hydrogens is 320 g/mol. The average molecular weight is 338 g/mol. The van der Waals surface area contributed by atoms with Gasteiger partial charge in [0, 0.05) is 11.1 Å². The number of anilines is 1. The molecule has 25 heavy (non-hydrogen) atoms. The highest BCUT2D eigenvalue weighted by Crippen LogP contribution is 2.23. The van der Waals surface area contributed by atoms with Crippen LogP contribution in [0.4, 0.5) is 5.69 Å². The fraction of sp³-hybridized carbons (Fsp3) is 0.158. The van der Waals surface area contributed by atoms with Crippen LogP contribution in [0.15, 0.2) is 65.3 Å². The van der Waals surface area contributed by atoms with Gasteiger partial charge in [0.2, 0.25) is 5.91 Å². The van der Waals surface area contributed by atoms with Crippen LogP contribution in [-0.4, -0.2) is 23.0 Å². The number of furan rings is 1. The number of fused-ring (bicyclic) bond motifs is 1. The van der Waals surface area contributed by atoms with Crippen molar-refractivity contribution in [1.29, 1.82) is 0 Å². The third-order valence-corrected chi connectivity index (χ3v) is 3.85. The maximum atomic E-state index is 12.3. The molecule has 3 rings (SSSR count). The van der Waals surface area contributed by atoms with Gasteiger partial charge in [0.1, 0.15) is 11.8 Å². The number of hydrogen-bond acceptors (Lipinski definition) is 4. The first-order chi connectivity index (χ1) is 12.1. The van der Waals surface area contributed by atoms with Crippen molar-refractivity contribution in [1.82, 2.24) is 5.32 Å². The van der Waals surface area contributed by atoms with E-state index in [2.05, 4.69) is 10.6 Å². The van der Waals surface area contributed by atoms with Crippen LogP contribution in [0, 0.1) is 0 Å². The van der Waals surface area contributed by atoms with Crippen LogP contribution in [0.3, 0.4) is 0 Å². The Morgan fingerprint density at radius 2 is 1.84 bits per heavy atom. The van der Waals surface area contributed by atoms with Crippen LogP contribution in [0.25, 0.3) is 10.8 Å². The Hall–Kier alpha value is -3.12. The Labute approximate surface area is 144 Å². The smallest absolute Gasteiger partial charge is 0.321 e. The number of carboxylic acid groups (broad SMARTS) is 1. The molecule has 1 amide bonds. The zero-order chi connectivity index (χ0) is 17.6. The van der Waals surface area contributed by atoms with E-state index in [0.717, 1.165) is 10.8 Å². The normalized spacial score (nSPS) is 12.0. The van der Waals surface area contributed by atoms with Crippen molar-refractivity contribution in [2.75, 3.05) is 5.32 Å². The molecule has 0 saturated heterocycles. The maximum absolute atomic E-state index is 12.3. The molecule has 0 spiro atoms. The summed E-state index contributed by atoms with van der Waals surface area (Å²) in [6, 6.07) is 15.7. The number of hydrogen-bond donors (Lipinski definition) is 3. The molecule has 0 aliphatic carbocycles. The summed E-state index contributed by atoms with van der Waals surface area (Å²) in [5, 5.41) is 16.9. The van der Waals surface area contributed by atoms with Crippen LogP contribution < -0.4 is 10.6 Å². The third-order valence-electron chi connectivity index (χ3n) is 3.85. The van der Waals surface area contributed by atoms with Gasteiger partial charge < -0.3 is 14.8 Å². The van der Waals surface area contributed by atoms with E-state index in [1.54, 1.807) is 18.2 Å². The van der Waals surface area contributed by atoms with Crippen molar-refractivity contribution in [2.24, 2.45) is 0 Å². The van der Waals surface area contributed by atoms with E-state index in [1.165, 1.54) is 6.26 Å². The number of aliphatic carboxylic acids is 1. The van der Waals surface area contributed by atoms with Crippen LogP contribution in [0.5, 0.6) is 0 Å². The predicted molar refractivity (Wildman–Crippen MR) is 94.2 cm³/mol. The molecule has 0 bridgehead atoms. The fourth-order valence-corrected chi connectivity index (χ4v) is 2.60. The van der Waals surface area contributed by atoms with Crippen LogP contribution in [0.2, 0.25) is 0 Å². The molecule has 3 N–H and O–H groups in total. The van der Waals surface area contributed by atoms with Gasteiger partial charge in [-0.05, 0) is 23.6 Å². The Bertz CT molecular complexity index is 869. The SMILES string of the molecule is O=C(C[C@@H](NCc1ccco1)C(=O)O)Nc1cccc2ccccc12. The summed E-state index contributed by atoms with van der Waals surface area (Å²) >= 11 is 0. The lowest BCUT2D eigenvalue weighted by atomic mass is 10.1. The summed E-state index contributed by atoms with van der Waals surface area (Å²) in [6.07, 6.45) is 1.33. The first-order valence-corrected chi connectivity index (χ1v) is 7.89. The Morgan fingerprint density at radius 3 is 2.60 bits per heavy atom. The van der Waals surface area contributed by atoms with Gasteiger partial charge in [0.25, 0.3) is 0 Å². The molecule has 0 aliphatic rings. The summed E-state index contributed by atoms with van der Waals surface area (Å²) in [5.74, 6) is -0.837. The Kier molecular flexibility index (Phi) is 5.11. The molecule has 1 aromatic heterocycles. The fourth-order valence-electron chi connectivity index (χ4n) is 2.60. The lowest BCUT2D eigenvalue weighted by Gasteiger charge is -2.14. The van der Waals surface area contributed by atoms with Crippen molar-refractivity contribution in [3.8, 4) is 0 Å². The number of amides is 1. The largest absolute Gasteiger partial charge is 0.480 e. The molecule has 1 atom stereocenters. The van der Waals surface area contributed by atoms with E-state index in [-0.39, 0.29) is 18.9 Å².